The van der Waals surface area contributed by atoms with Gasteiger partial charge in [-0.1, -0.05) is 43.2 Å². The number of aromatic nitrogens is 4. The summed E-state index contributed by atoms with van der Waals surface area (Å²) in [5, 5.41) is 18.5. The van der Waals surface area contributed by atoms with Crippen molar-refractivity contribution in [2.45, 2.75) is 69.7 Å². The monoisotopic (exact) mass is 931 g/mol. The molecule has 0 atom stereocenters. The Balaban J connectivity index is 0.888. The lowest BCUT2D eigenvalue weighted by atomic mass is 9.72. The number of likely N-dealkylation sites (tertiary alicyclic amines) is 1. The largest absolute Gasteiger partial charge is 0.487 e. The summed E-state index contributed by atoms with van der Waals surface area (Å²) in [7, 11) is -4.59. The number of sulfonamides is 1. The zero-order chi connectivity index (χ0) is 45.7. The normalized spacial score (nSPS) is 18.9. The van der Waals surface area contributed by atoms with Gasteiger partial charge < -0.3 is 19.5 Å². The molecule has 3 fully saturated rings. The quantitative estimate of drug-likeness (QED) is 0.0839. The Morgan fingerprint density at radius 3 is 2.48 bits per heavy atom. The zero-order valence-electron chi connectivity index (χ0n) is 37.2. The second-order valence-corrected chi connectivity index (χ2v) is 21.2. The number of pyridine rings is 1. The molecule has 0 bridgehead atoms. The highest BCUT2D eigenvalue weighted by atomic mass is 35.5. The van der Waals surface area contributed by atoms with E-state index >= 15 is 0 Å². The maximum Gasteiger partial charge on any atom is 0.312 e. The molecule has 1 amide bonds. The second-order valence-electron chi connectivity index (χ2n) is 19.1. The molecular formula is C49H54ClN9O6S. The number of nitro benzene ring substituents is 1. The number of carbonyl (C=O) groups excluding carboxylic acids is 1. The zero-order valence-corrected chi connectivity index (χ0v) is 38.8. The van der Waals surface area contributed by atoms with E-state index in [1.54, 1.807) is 23.1 Å². The van der Waals surface area contributed by atoms with Gasteiger partial charge >= 0.3 is 5.69 Å². The molecule has 0 radical (unpaired) electrons. The molecule has 17 heteroatoms. The third-order valence-corrected chi connectivity index (χ3v) is 15.5. The number of nitrogens with zero attached hydrogens (tertiary/aromatic N) is 7. The molecule has 15 nitrogen and oxygen atoms in total. The molecule has 6 aromatic rings. The molecule has 4 aliphatic rings. The predicted molar refractivity (Wildman–Crippen MR) is 256 cm³/mol. The molecule has 2 saturated heterocycles. The fourth-order valence-electron chi connectivity index (χ4n) is 9.90. The van der Waals surface area contributed by atoms with E-state index in [9.17, 15) is 23.3 Å². The predicted octanol–water partition coefficient (Wildman–Crippen LogP) is 8.62. The van der Waals surface area contributed by atoms with Crippen molar-refractivity contribution < 1.29 is 22.9 Å². The first-order valence-electron chi connectivity index (χ1n) is 22.9. The third kappa shape index (κ3) is 9.28. The summed E-state index contributed by atoms with van der Waals surface area (Å²) in [6, 6.07) is 21.5. The maximum absolute atomic E-state index is 14.2. The number of piperazine rings is 1. The van der Waals surface area contributed by atoms with Crippen LogP contribution in [0.3, 0.4) is 0 Å². The first kappa shape index (κ1) is 44.0. The number of amides is 1. The van der Waals surface area contributed by atoms with Crippen molar-refractivity contribution in [3.63, 3.8) is 0 Å². The van der Waals surface area contributed by atoms with E-state index in [0.29, 0.717) is 35.0 Å². The van der Waals surface area contributed by atoms with E-state index in [1.165, 1.54) is 41.7 Å². The van der Waals surface area contributed by atoms with Crippen molar-refractivity contribution in [3.05, 3.63) is 117 Å². The fraction of sp³-hybridized carbons (Fsp3) is 0.408. The van der Waals surface area contributed by atoms with Crippen LogP contribution in [-0.2, 0) is 10.0 Å². The maximum atomic E-state index is 14.2. The molecule has 2 aliphatic heterocycles. The second kappa shape index (κ2) is 17.8. The highest BCUT2D eigenvalue weighted by molar-refractivity contribution is 7.90. The number of nitro groups is 1. The van der Waals surface area contributed by atoms with E-state index < -0.39 is 31.4 Å². The number of allylic oxidation sites excluding steroid dienone is 1. The van der Waals surface area contributed by atoms with E-state index in [2.05, 4.69) is 55.5 Å². The van der Waals surface area contributed by atoms with Crippen LogP contribution in [-0.4, -0.2) is 107 Å². The van der Waals surface area contributed by atoms with Gasteiger partial charge in [0.2, 0.25) is 0 Å². The first-order valence-corrected chi connectivity index (χ1v) is 24.8. The van der Waals surface area contributed by atoms with Crippen LogP contribution in [0.15, 0.2) is 95.7 Å². The number of nitrogens with one attached hydrogen (secondary N) is 2. The minimum Gasteiger partial charge on any atom is -0.487 e. The minimum atomic E-state index is -4.59. The van der Waals surface area contributed by atoms with Gasteiger partial charge in [-0.15, -0.1) is 0 Å². The van der Waals surface area contributed by atoms with Crippen LogP contribution < -0.4 is 14.4 Å². The fourth-order valence-corrected chi connectivity index (χ4v) is 11.0. The number of carbonyl (C=O) groups is 1. The van der Waals surface area contributed by atoms with Crippen LogP contribution >= 0.6 is 11.6 Å². The summed E-state index contributed by atoms with van der Waals surface area (Å²) in [5.74, 6) is -0.681. The number of benzene rings is 3. The van der Waals surface area contributed by atoms with Crippen molar-refractivity contribution in [2.75, 3.05) is 57.3 Å². The number of fused-ring (bicyclic) bond motifs is 2. The van der Waals surface area contributed by atoms with Crippen LogP contribution in [0.1, 0.15) is 74.7 Å². The standard InChI is InChI=1S/C49H54ClN9O6S/c1-49(2)17-13-35(41(28-49)33-3-5-36(50)6-4-33)30-55-21-23-57(24-22-55)38-9-11-40(43(26-38)58-44-25-34-14-18-51-47(34)53-42(44)29-52-58)48(60)54-66(63,64)39-10-12-46(45(27-39)59(61)62)65-31-32-15-19-56(20-16-32)37-7-8-37/h3-6,9-12,14,18,25-27,29,32,37H,7-8,13,15-17,19-24,28,30-31H2,1-2H3,(H,51,53)(H,54,60). The number of hydrogen-bond acceptors (Lipinski definition) is 11. The minimum absolute atomic E-state index is 0.0119. The highest BCUT2D eigenvalue weighted by Gasteiger charge is 2.33. The molecule has 3 aromatic carbocycles. The molecule has 2 aliphatic carbocycles. The molecule has 1 saturated carbocycles. The topological polar surface area (TPSA) is 172 Å². The molecule has 66 heavy (non-hydrogen) atoms. The smallest absolute Gasteiger partial charge is 0.312 e. The molecule has 3 aromatic heterocycles. The van der Waals surface area contributed by atoms with E-state index in [0.717, 1.165) is 100 Å². The van der Waals surface area contributed by atoms with Crippen molar-refractivity contribution in [1.29, 1.82) is 0 Å². The Morgan fingerprint density at radius 1 is 0.970 bits per heavy atom. The van der Waals surface area contributed by atoms with Gasteiger partial charge in [0.05, 0.1) is 39.4 Å². The van der Waals surface area contributed by atoms with Crippen molar-refractivity contribution in [2.24, 2.45) is 11.3 Å². The van der Waals surface area contributed by atoms with E-state index in [4.69, 9.17) is 21.3 Å². The lowest BCUT2D eigenvalue weighted by Gasteiger charge is -2.39. The Hall–Kier alpha value is -5.81. The molecule has 5 heterocycles. The number of aromatic amines is 1. The van der Waals surface area contributed by atoms with Gasteiger partial charge in [0.15, 0.2) is 5.75 Å². The number of ether oxygens (including phenoxy) is 1. The van der Waals surface area contributed by atoms with Gasteiger partial charge in [-0.2, -0.15) is 5.10 Å². The highest BCUT2D eigenvalue weighted by Crippen LogP contribution is 2.43. The Labute approximate surface area is 389 Å². The van der Waals surface area contributed by atoms with Crippen molar-refractivity contribution in [1.82, 2.24) is 34.3 Å². The van der Waals surface area contributed by atoms with Gasteiger partial charge in [0.25, 0.3) is 15.9 Å². The number of hydrogen-bond donors (Lipinski definition) is 2. The molecule has 2 N–H and O–H groups in total. The number of halogens is 1. The lowest BCUT2D eigenvalue weighted by Crippen LogP contribution is -2.47. The van der Waals surface area contributed by atoms with Gasteiger partial charge in [-0.3, -0.25) is 19.8 Å². The van der Waals surface area contributed by atoms with Gasteiger partial charge in [0, 0.05) is 67.1 Å². The number of rotatable bonds is 13. The van der Waals surface area contributed by atoms with Crippen LogP contribution in [0, 0.1) is 21.4 Å². The number of piperidine rings is 1. The van der Waals surface area contributed by atoms with Crippen LogP contribution in [0.5, 0.6) is 5.75 Å². The van der Waals surface area contributed by atoms with Gasteiger partial charge in [0.1, 0.15) is 11.2 Å². The van der Waals surface area contributed by atoms with Gasteiger partial charge in [-0.05, 0) is 135 Å². The summed E-state index contributed by atoms with van der Waals surface area (Å²) < 4.78 is 37.5. The average molecular weight is 933 g/mol. The van der Waals surface area contributed by atoms with Crippen LogP contribution in [0.25, 0.3) is 33.3 Å². The number of anilines is 1. The molecule has 0 spiro atoms. The van der Waals surface area contributed by atoms with Crippen molar-refractivity contribution in [3.8, 4) is 11.4 Å². The summed E-state index contributed by atoms with van der Waals surface area (Å²) in [6.45, 7) is 10.9. The van der Waals surface area contributed by atoms with Crippen LogP contribution in [0.2, 0.25) is 5.02 Å². The molecular weight excluding hydrogens is 878 g/mol. The Kier molecular flexibility index (Phi) is 11.9. The SMILES string of the molecule is CC1(C)CCC(CN2CCN(c3ccc(C(=O)NS(=O)(=O)c4ccc(OCC5CCN(C6CC6)CC5)c([N+](=O)[O-])c4)c(-n4ncc5nc6[nH]ccc6cc54)c3)CC2)=C(c2ccc(Cl)cc2)C1. The molecule has 0 unspecified atom stereocenters. The van der Waals surface area contributed by atoms with Gasteiger partial charge in [-0.25, -0.2) is 22.8 Å². The summed E-state index contributed by atoms with van der Waals surface area (Å²) in [6.07, 6.45) is 11.0. The van der Waals surface area contributed by atoms with E-state index in [-0.39, 0.29) is 22.6 Å². The third-order valence-electron chi connectivity index (χ3n) is 13.9. The van der Waals surface area contributed by atoms with Crippen molar-refractivity contribution >= 4 is 66.5 Å². The molecule has 344 valence electrons. The average Bonchev–Trinajstić information content (AvgIpc) is 3.93. The van der Waals surface area contributed by atoms with E-state index in [1.807, 2.05) is 36.4 Å². The molecule has 10 rings (SSSR count). The summed E-state index contributed by atoms with van der Waals surface area (Å²) in [5.41, 5.74) is 7.00. The lowest BCUT2D eigenvalue weighted by molar-refractivity contribution is -0.386. The Morgan fingerprint density at radius 2 is 1.74 bits per heavy atom. The van der Waals surface area contributed by atoms with Crippen LogP contribution in [0.4, 0.5) is 11.4 Å². The first-order chi connectivity index (χ1) is 31.8. The summed E-state index contributed by atoms with van der Waals surface area (Å²) >= 11 is 6.26. The number of H-pyrrole nitrogens is 1. The Bertz CT molecular complexity index is 2960. The summed E-state index contributed by atoms with van der Waals surface area (Å²) in [4.78, 5) is 40.5.